The van der Waals surface area contributed by atoms with Gasteiger partial charge in [0.05, 0.1) is 26.9 Å². The van der Waals surface area contributed by atoms with E-state index in [1.165, 1.54) is 26.0 Å². The van der Waals surface area contributed by atoms with E-state index in [1.807, 2.05) is 0 Å². The van der Waals surface area contributed by atoms with E-state index in [2.05, 4.69) is 9.97 Å². The Morgan fingerprint density at radius 2 is 2.09 bits per heavy atom. The first-order valence-corrected chi connectivity index (χ1v) is 10.0. The van der Waals surface area contributed by atoms with Crippen molar-refractivity contribution < 1.29 is 19.0 Å². The molecule has 1 aliphatic rings. The Balaban J connectivity index is 2.20. The van der Waals surface area contributed by atoms with E-state index < -0.39 is 0 Å². The number of esters is 1. The quantitative estimate of drug-likeness (QED) is 0.315. The highest BCUT2D eigenvalue weighted by molar-refractivity contribution is 8.77. The summed E-state index contributed by atoms with van der Waals surface area (Å²) in [5.41, 5.74) is 0. The molecular weight excluding hydrogens is 344 g/mol. The molecule has 1 aliphatic heterocycles. The first-order chi connectivity index (χ1) is 10.7. The van der Waals surface area contributed by atoms with Crippen molar-refractivity contribution in [2.45, 2.75) is 29.0 Å². The average molecular weight is 362 g/mol. The number of ether oxygens (including phenoxy) is 3. The molecular formula is C13H18N2O4S3. The van der Waals surface area contributed by atoms with Crippen LogP contribution in [0, 0.1) is 0 Å². The molecule has 0 radical (unpaired) electrons. The van der Waals surface area contributed by atoms with Gasteiger partial charge in [-0.15, -0.1) is 0 Å². The molecule has 1 fully saturated rings. The van der Waals surface area contributed by atoms with E-state index in [4.69, 9.17) is 14.2 Å². The predicted molar refractivity (Wildman–Crippen MR) is 89.9 cm³/mol. The summed E-state index contributed by atoms with van der Waals surface area (Å²) in [6, 6.07) is 1.60. The standard InChI is InChI=1S/C13H18N2O4S3/c1-4-19-12(16)11(8-5-6-20-22-8)21-13-14-9(17-2)7-10(15-13)18-3/h7-8,11H,4-6H2,1-3H3. The summed E-state index contributed by atoms with van der Waals surface area (Å²) in [4.78, 5) is 20.8. The van der Waals surface area contributed by atoms with Crippen molar-refractivity contribution >= 4 is 39.3 Å². The largest absolute Gasteiger partial charge is 0.481 e. The summed E-state index contributed by atoms with van der Waals surface area (Å²) in [7, 11) is 6.56. The zero-order chi connectivity index (χ0) is 15.9. The topological polar surface area (TPSA) is 70.5 Å². The number of carbonyl (C=O) groups is 1. The molecule has 0 aromatic carbocycles. The van der Waals surface area contributed by atoms with Crippen LogP contribution in [0.1, 0.15) is 13.3 Å². The monoisotopic (exact) mass is 362 g/mol. The van der Waals surface area contributed by atoms with Crippen molar-refractivity contribution in [1.29, 1.82) is 0 Å². The van der Waals surface area contributed by atoms with Crippen molar-refractivity contribution in [3.63, 3.8) is 0 Å². The van der Waals surface area contributed by atoms with Gasteiger partial charge in [0.15, 0.2) is 5.16 Å². The zero-order valence-corrected chi connectivity index (χ0v) is 15.1. The smallest absolute Gasteiger partial charge is 0.320 e. The molecule has 2 rings (SSSR count). The number of hydrogen-bond donors (Lipinski definition) is 0. The van der Waals surface area contributed by atoms with Crippen molar-refractivity contribution in [2.75, 3.05) is 26.6 Å². The molecule has 9 heteroatoms. The third kappa shape index (κ3) is 4.60. The molecule has 2 atom stereocenters. The molecule has 0 amide bonds. The fourth-order valence-electron chi connectivity index (χ4n) is 1.81. The molecule has 0 spiro atoms. The summed E-state index contributed by atoms with van der Waals surface area (Å²) >= 11 is 1.30. The molecule has 0 bridgehead atoms. The van der Waals surface area contributed by atoms with Gasteiger partial charge >= 0.3 is 5.97 Å². The van der Waals surface area contributed by atoms with Crippen LogP contribution in [0.2, 0.25) is 0 Å². The summed E-state index contributed by atoms with van der Waals surface area (Å²) < 4.78 is 15.5. The third-order valence-corrected chi connectivity index (χ3v) is 7.13. The maximum Gasteiger partial charge on any atom is 0.320 e. The Hall–Kier alpha value is -0.800. The van der Waals surface area contributed by atoms with Gasteiger partial charge in [0.25, 0.3) is 0 Å². The fourth-order valence-corrected chi connectivity index (χ4v) is 6.24. The van der Waals surface area contributed by atoms with Gasteiger partial charge in [-0.3, -0.25) is 4.79 Å². The van der Waals surface area contributed by atoms with E-state index in [1.54, 1.807) is 34.6 Å². The first-order valence-electron chi connectivity index (χ1n) is 6.76. The normalized spacial score (nSPS) is 18.8. The lowest BCUT2D eigenvalue weighted by atomic mass is 10.2. The van der Waals surface area contributed by atoms with Gasteiger partial charge in [-0.25, -0.2) is 0 Å². The highest BCUT2D eigenvalue weighted by atomic mass is 33.1. The van der Waals surface area contributed by atoms with Gasteiger partial charge in [0.2, 0.25) is 11.8 Å². The molecule has 1 aromatic heterocycles. The van der Waals surface area contributed by atoms with Gasteiger partial charge < -0.3 is 14.2 Å². The second kappa shape index (κ2) is 8.73. The lowest BCUT2D eigenvalue weighted by molar-refractivity contribution is -0.142. The molecule has 1 aromatic rings. The minimum Gasteiger partial charge on any atom is -0.481 e. The van der Waals surface area contributed by atoms with Crippen LogP contribution < -0.4 is 9.47 Å². The number of carbonyl (C=O) groups excluding carboxylic acids is 1. The molecule has 0 aliphatic carbocycles. The molecule has 1 saturated heterocycles. The van der Waals surface area contributed by atoms with Gasteiger partial charge in [-0.1, -0.05) is 33.3 Å². The van der Waals surface area contributed by atoms with Gasteiger partial charge in [0, 0.05) is 11.0 Å². The van der Waals surface area contributed by atoms with Gasteiger partial charge in [0.1, 0.15) is 5.25 Å². The van der Waals surface area contributed by atoms with Crippen molar-refractivity contribution in [3.05, 3.63) is 6.07 Å². The Bertz CT molecular complexity index is 490. The molecule has 2 heterocycles. The van der Waals surface area contributed by atoms with Gasteiger partial charge in [-0.2, -0.15) is 9.97 Å². The van der Waals surface area contributed by atoms with Crippen LogP contribution >= 0.6 is 33.3 Å². The highest BCUT2D eigenvalue weighted by Crippen LogP contribution is 2.44. The minimum absolute atomic E-state index is 0.190. The van der Waals surface area contributed by atoms with E-state index >= 15 is 0 Å². The highest BCUT2D eigenvalue weighted by Gasteiger charge is 2.35. The first kappa shape index (κ1) is 17.6. The maximum absolute atomic E-state index is 12.3. The number of aromatic nitrogens is 2. The Labute approximate surface area is 141 Å². The number of nitrogens with zero attached hydrogens (tertiary/aromatic N) is 2. The van der Waals surface area contributed by atoms with Gasteiger partial charge in [-0.05, 0) is 13.3 Å². The summed E-state index contributed by atoms with van der Waals surface area (Å²) in [5, 5.41) is 0.304. The molecule has 6 nitrogen and oxygen atoms in total. The Morgan fingerprint density at radius 3 is 2.59 bits per heavy atom. The van der Waals surface area contributed by atoms with Crippen molar-refractivity contribution in [2.24, 2.45) is 0 Å². The van der Waals surface area contributed by atoms with Crippen molar-refractivity contribution in [1.82, 2.24) is 9.97 Å². The SMILES string of the molecule is CCOC(=O)C(Sc1nc(OC)cc(OC)n1)C1CCSS1. The van der Waals surface area contributed by atoms with E-state index in [9.17, 15) is 4.79 Å². The summed E-state index contributed by atoms with van der Waals surface area (Å²) in [6.45, 7) is 2.17. The molecule has 0 saturated carbocycles. The van der Waals surface area contributed by atoms with E-state index in [0.717, 1.165) is 12.2 Å². The molecule has 0 N–H and O–H groups in total. The van der Waals surface area contributed by atoms with E-state index in [-0.39, 0.29) is 16.5 Å². The lowest BCUT2D eigenvalue weighted by Crippen LogP contribution is -2.29. The van der Waals surface area contributed by atoms with Crippen LogP contribution in [0.3, 0.4) is 0 Å². The number of thioether (sulfide) groups is 1. The summed E-state index contributed by atoms with van der Waals surface area (Å²) in [5.74, 6) is 1.63. The number of rotatable bonds is 7. The number of methoxy groups -OCH3 is 2. The summed E-state index contributed by atoms with van der Waals surface area (Å²) in [6.07, 6.45) is 0.965. The molecule has 122 valence electrons. The van der Waals surface area contributed by atoms with Crippen LogP contribution in [-0.2, 0) is 9.53 Å². The van der Waals surface area contributed by atoms with Crippen molar-refractivity contribution in [3.8, 4) is 11.8 Å². The second-order valence-electron chi connectivity index (χ2n) is 4.27. The molecule has 2 unspecified atom stereocenters. The predicted octanol–water partition coefficient (Wildman–Crippen LogP) is 2.67. The van der Waals surface area contributed by atoms with Crippen LogP contribution in [0.15, 0.2) is 11.2 Å². The van der Waals surface area contributed by atoms with E-state index in [0.29, 0.717) is 23.5 Å². The molecule has 22 heavy (non-hydrogen) atoms. The number of hydrogen-bond acceptors (Lipinski definition) is 9. The lowest BCUT2D eigenvalue weighted by Gasteiger charge is -2.19. The fraction of sp³-hybridized carbons (Fsp3) is 0.615. The Morgan fingerprint density at radius 1 is 1.41 bits per heavy atom. The van der Waals surface area contributed by atoms with Crippen LogP contribution in [0.5, 0.6) is 11.8 Å². The Kier molecular flexibility index (Phi) is 6.97. The van der Waals surface area contributed by atoms with Crippen LogP contribution in [-0.4, -0.2) is 53.0 Å². The third-order valence-electron chi connectivity index (χ3n) is 2.84. The zero-order valence-electron chi connectivity index (χ0n) is 12.6. The maximum atomic E-state index is 12.3. The van der Waals surface area contributed by atoms with Crippen LogP contribution in [0.4, 0.5) is 0 Å². The van der Waals surface area contributed by atoms with Crippen LogP contribution in [0.25, 0.3) is 0 Å². The minimum atomic E-state index is -0.336. The average Bonchev–Trinajstić information content (AvgIpc) is 3.06. The second-order valence-corrected chi connectivity index (χ2v) is 8.11.